The molecule has 0 saturated carbocycles. The Bertz CT molecular complexity index is 469. The van der Waals surface area contributed by atoms with E-state index in [-0.39, 0.29) is 24.7 Å². The van der Waals surface area contributed by atoms with Crippen molar-refractivity contribution in [3.05, 3.63) is 23.7 Å². The van der Waals surface area contributed by atoms with Crippen molar-refractivity contribution in [3.63, 3.8) is 0 Å². The molecule has 0 bridgehead atoms. The summed E-state index contributed by atoms with van der Waals surface area (Å²) in [6.07, 6.45) is 3.86. The van der Waals surface area contributed by atoms with Crippen LogP contribution in [0.5, 0.6) is 0 Å². The molecule has 0 aliphatic rings. The van der Waals surface area contributed by atoms with Crippen molar-refractivity contribution in [2.75, 3.05) is 26.4 Å². The molecule has 0 aromatic heterocycles. The van der Waals surface area contributed by atoms with Gasteiger partial charge in [0.2, 0.25) is 0 Å². The van der Waals surface area contributed by atoms with E-state index in [2.05, 4.69) is 0 Å². The molecule has 0 aromatic rings. The van der Waals surface area contributed by atoms with Crippen molar-refractivity contribution in [3.8, 4) is 0 Å². The molecule has 0 unspecified atom stereocenters. The van der Waals surface area contributed by atoms with Gasteiger partial charge in [-0.25, -0.2) is 0 Å². The molecule has 0 aromatic carbocycles. The molecule has 156 valence electrons. The third-order valence-corrected chi connectivity index (χ3v) is 7.49. The summed E-state index contributed by atoms with van der Waals surface area (Å²) >= 11 is -4.31. The average molecular weight is 449 g/mol. The number of esters is 2. The van der Waals surface area contributed by atoms with Crippen molar-refractivity contribution in [1.29, 1.82) is 0 Å². The Hall–Kier alpha value is -1.52. The molecule has 0 fully saturated rings. The predicted molar refractivity (Wildman–Crippen MR) is 101 cm³/mol. The zero-order valence-corrected chi connectivity index (χ0v) is 19.3. The molecule has 0 atom stereocenters. The van der Waals surface area contributed by atoms with Gasteiger partial charge in [0, 0.05) is 0 Å². The number of hydrogen-bond acceptors (Lipinski definition) is 8. The van der Waals surface area contributed by atoms with Gasteiger partial charge < -0.3 is 0 Å². The molecule has 0 heterocycles. The molecule has 0 aliphatic carbocycles. The number of carbonyl (C=O) groups excluding carboxylic acids is 2. The van der Waals surface area contributed by atoms with Crippen LogP contribution in [0.1, 0.15) is 54.4 Å². The van der Waals surface area contributed by atoms with Crippen LogP contribution in [0.25, 0.3) is 0 Å². The van der Waals surface area contributed by atoms with Crippen LogP contribution in [0, 0.1) is 0 Å². The summed E-state index contributed by atoms with van der Waals surface area (Å²) in [5, 5.41) is 0. The Morgan fingerprint density at radius 2 is 1.11 bits per heavy atom. The molecular weight excluding hydrogens is 417 g/mol. The van der Waals surface area contributed by atoms with Gasteiger partial charge in [0.25, 0.3) is 0 Å². The molecule has 8 nitrogen and oxygen atoms in total. The maximum atomic E-state index is 11.7. The van der Waals surface area contributed by atoms with E-state index in [9.17, 15) is 9.59 Å². The summed E-state index contributed by atoms with van der Waals surface area (Å²) in [5.74, 6) is -0.554. The first kappa shape index (κ1) is 25.5. The van der Waals surface area contributed by atoms with E-state index in [0.29, 0.717) is 13.2 Å². The van der Waals surface area contributed by atoms with Crippen LogP contribution < -0.4 is 0 Å². The van der Waals surface area contributed by atoms with E-state index >= 15 is 0 Å². The quantitative estimate of drug-likeness (QED) is 0.173. The molecule has 27 heavy (non-hydrogen) atoms. The van der Waals surface area contributed by atoms with Gasteiger partial charge in [0.15, 0.2) is 0 Å². The van der Waals surface area contributed by atoms with E-state index < -0.39 is 26.6 Å². The van der Waals surface area contributed by atoms with Gasteiger partial charge in [-0.15, -0.1) is 0 Å². The zero-order chi connectivity index (χ0) is 20.7. The second-order valence-electron chi connectivity index (χ2n) is 5.42. The van der Waals surface area contributed by atoms with Gasteiger partial charge in [0.05, 0.1) is 0 Å². The minimum atomic E-state index is -4.31. The van der Waals surface area contributed by atoms with Gasteiger partial charge in [-0.05, 0) is 0 Å². The first-order valence-electron chi connectivity index (χ1n) is 9.18. The average Bonchev–Trinajstić information content (AvgIpc) is 2.58. The van der Waals surface area contributed by atoms with Crippen molar-refractivity contribution >= 4 is 26.6 Å². The third kappa shape index (κ3) is 11.7. The summed E-state index contributed by atoms with van der Waals surface area (Å²) in [7, 11) is 0. The summed E-state index contributed by atoms with van der Waals surface area (Å²) in [5.41, 5.74) is 0. The molecule has 0 aliphatic heterocycles. The van der Waals surface area contributed by atoms with E-state index in [4.69, 9.17) is 24.5 Å². The second kappa shape index (κ2) is 14.5. The van der Waals surface area contributed by atoms with Crippen LogP contribution in [0.4, 0.5) is 0 Å². The Kier molecular flexibility index (Phi) is 13.7. The molecule has 0 rings (SSSR count). The van der Waals surface area contributed by atoms with Crippen LogP contribution in [0.2, 0.25) is 0 Å². The van der Waals surface area contributed by atoms with Gasteiger partial charge in [-0.1, -0.05) is 0 Å². The fourth-order valence-corrected chi connectivity index (χ4v) is 6.35. The number of carbonyl (C=O) groups is 2. The van der Waals surface area contributed by atoms with Crippen LogP contribution in [0.15, 0.2) is 23.7 Å². The molecule has 0 saturated heterocycles. The number of allylic oxidation sites excluding steroid dienone is 2. The van der Waals surface area contributed by atoms with E-state index in [1.165, 1.54) is 12.2 Å². The van der Waals surface area contributed by atoms with Crippen LogP contribution in [-0.4, -0.2) is 53.0 Å². The second-order valence-corrected chi connectivity index (χ2v) is 9.58. The van der Waals surface area contributed by atoms with Crippen LogP contribution in [-0.2, 0) is 34.1 Å². The van der Waals surface area contributed by atoms with Gasteiger partial charge in [-0.3, -0.25) is 0 Å². The molecular formula is C18H32GeO8. The Balaban J connectivity index is 5.53. The molecule has 0 N–H and O–H groups in total. The van der Waals surface area contributed by atoms with Crippen molar-refractivity contribution in [1.82, 2.24) is 0 Å². The van der Waals surface area contributed by atoms with Crippen molar-refractivity contribution in [2.24, 2.45) is 0 Å². The maximum absolute atomic E-state index is 11.7. The Labute approximate surface area is 165 Å². The van der Waals surface area contributed by atoms with Crippen molar-refractivity contribution < 1.29 is 34.1 Å². The first-order chi connectivity index (χ1) is 12.8. The monoisotopic (exact) mass is 450 g/mol. The molecule has 9 heteroatoms. The first-order valence-corrected chi connectivity index (χ1v) is 12.6. The molecule has 0 amide bonds. The van der Waals surface area contributed by atoms with Crippen LogP contribution >= 0.6 is 0 Å². The topological polar surface area (TPSA) is 89.5 Å². The van der Waals surface area contributed by atoms with E-state index in [1.54, 1.807) is 27.7 Å². The van der Waals surface area contributed by atoms with Crippen molar-refractivity contribution in [2.45, 2.75) is 54.4 Å². The summed E-state index contributed by atoms with van der Waals surface area (Å²) in [4.78, 5) is 23.3. The summed E-state index contributed by atoms with van der Waals surface area (Å²) in [6, 6.07) is 0. The van der Waals surface area contributed by atoms with E-state index in [1.807, 2.05) is 13.8 Å². The third-order valence-electron chi connectivity index (χ3n) is 2.75. The standard InChI is InChI=1S/C18H32GeO8/c1-7-11-24-19(25-12-8-2,26-15(5)13-17(20)22-9-3)27-16(6)14-18(21)23-10-4/h13-14H,7-12H2,1-6H3. The minimum absolute atomic E-state index is 0.254. The fraction of sp³-hybridized carbons (Fsp3) is 0.667. The SMILES string of the molecule is CCC[O][Ge]([O]CCC)([O]C(C)=CC(=O)OCC)[O]C(C)=CC(=O)OCC. The zero-order valence-electron chi connectivity index (χ0n) is 17.2. The molecule has 0 spiro atoms. The van der Waals surface area contributed by atoms with E-state index in [0.717, 1.165) is 12.8 Å². The Morgan fingerprint density at radius 3 is 1.41 bits per heavy atom. The van der Waals surface area contributed by atoms with Gasteiger partial charge in [0.1, 0.15) is 0 Å². The number of ether oxygens (including phenoxy) is 2. The fourth-order valence-electron chi connectivity index (χ4n) is 1.79. The summed E-state index contributed by atoms with van der Waals surface area (Å²) < 4.78 is 33.2. The normalized spacial score (nSPS) is 12.5. The van der Waals surface area contributed by atoms with Gasteiger partial charge in [-0.2, -0.15) is 0 Å². The number of rotatable bonds is 14. The Morgan fingerprint density at radius 1 is 0.741 bits per heavy atom. The van der Waals surface area contributed by atoms with Gasteiger partial charge >= 0.3 is 165 Å². The summed E-state index contributed by atoms with van der Waals surface area (Å²) in [6.45, 7) is 11.7. The molecule has 0 radical (unpaired) electrons. The number of hydrogen-bond donors (Lipinski definition) is 0. The van der Waals surface area contributed by atoms with Crippen LogP contribution in [0.3, 0.4) is 0 Å². The predicted octanol–water partition coefficient (Wildman–Crippen LogP) is 3.24.